The molecule has 0 aliphatic rings. The summed E-state index contributed by atoms with van der Waals surface area (Å²) in [5.74, 6) is 1.54. The van der Waals surface area contributed by atoms with Crippen LogP contribution >= 0.6 is 0 Å². The highest BCUT2D eigenvalue weighted by Crippen LogP contribution is 2.31. The van der Waals surface area contributed by atoms with Gasteiger partial charge in [0, 0.05) is 6.04 Å². The fraction of sp³-hybridized carbons (Fsp3) is 0.379. The van der Waals surface area contributed by atoms with Gasteiger partial charge in [-0.15, -0.1) is 0 Å². The highest BCUT2D eigenvalue weighted by atomic mass is 16.7. The molecule has 33 heavy (non-hydrogen) atoms. The summed E-state index contributed by atoms with van der Waals surface area (Å²) in [7, 11) is 0. The number of ether oxygens (including phenoxy) is 3. The second-order valence-corrected chi connectivity index (χ2v) is 8.40. The molecule has 0 aliphatic heterocycles. The van der Waals surface area contributed by atoms with Crippen LogP contribution in [0.15, 0.2) is 79.9 Å². The van der Waals surface area contributed by atoms with Gasteiger partial charge in [-0.05, 0) is 53.3 Å². The van der Waals surface area contributed by atoms with E-state index in [1.165, 1.54) is 0 Å². The van der Waals surface area contributed by atoms with Gasteiger partial charge in [-0.3, -0.25) is 0 Å². The molecule has 2 aromatic rings. The summed E-state index contributed by atoms with van der Waals surface area (Å²) in [5.41, 5.74) is 9.49. The van der Waals surface area contributed by atoms with Crippen molar-refractivity contribution in [1.29, 1.82) is 0 Å². The van der Waals surface area contributed by atoms with E-state index in [2.05, 4.69) is 33.9 Å². The molecule has 0 saturated heterocycles. The van der Waals surface area contributed by atoms with Crippen molar-refractivity contribution in [1.82, 2.24) is 0 Å². The molecule has 4 heteroatoms. The number of nitrogens with two attached hydrogens (primary N) is 1. The van der Waals surface area contributed by atoms with Gasteiger partial charge < -0.3 is 19.9 Å². The van der Waals surface area contributed by atoms with Crippen LogP contribution in [0.2, 0.25) is 0 Å². The molecule has 2 N–H and O–H groups in total. The first-order chi connectivity index (χ1) is 15.7. The third kappa shape index (κ3) is 9.68. The summed E-state index contributed by atoms with van der Waals surface area (Å²) in [5, 5.41) is 0. The third-order valence-electron chi connectivity index (χ3n) is 4.88. The summed E-state index contributed by atoms with van der Waals surface area (Å²) in [4.78, 5) is 0. The van der Waals surface area contributed by atoms with E-state index in [0.29, 0.717) is 13.2 Å². The number of allylic oxidation sites excluding steroid dienone is 4. The quantitative estimate of drug-likeness (QED) is 0.221. The third-order valence-corrected chi connectivity index (χ3v) is 4.88. The zero-order valence-electron chi connectivity index (χ0n) is 21.1. The number of rotatable bonds is 11. The van der Waals surface area contributed by atoms with E-state index in [9.17, 15) is 0 Å². The number of benzene rings is 2. The second-order valence-electron chi connectivity index (χ2n) is 8.40. The lowest BCUT2D eigenvalue weighted by molar-refractivity contribution is -0.0739. The van der Waals surface area contributed by atoms with Gasteiger partial charge in [0.2, 0.25) is 0 Å². The van der Waals surface area contributed by atoms with Crippen LogP contribution < -0.4 is 15.2 Å². The molecule has 0 spiro atoms. The highest BCUT2D eigenvalue weighted by molar-refractivity contribution is 5.74. The molecule has 4 nitrogen and oxygen atoms in total. The van der Waals surface area contributed by atoms with Crippen LogP contribution in [0.4, 0.5) is 0 Å². The molecule has 2 rings (SSSR count). The fourth-order valence-corrected chi connectivity index (χ4v) is 3.01. The van der Waals surface area contributed by atoms with Gasteiger partial charge in [0.15, 0.2) is 6.29 Å². The molecule has 2 aromatic carbocycles. The smallest absolute Gasteiger partial charge is 0.197 e. The van der Waals surface area contributed by atoms with Crippen molar-refractivity contribution in [3.05, 3.63) is 91.0 Å². The molecule has 0 bridgehead atoms. The molecular weight excluding hydrogens is 410 g/mol. The van der Waals surface area contributed by atoms with E-state index < -0.39 is 0 Å². The summed E-state index contributed by atoms with van der Waals surface area (Å²) in [6.45, 7) is 20.7. The molecule has 0 radical (unpaired) electrons. The average molecular weight is 452 g/mol. The first-order valence-electron chi connectivity index (χ1n) is 11.6. The van der Waals surface area contributed by atoms with E-state index in [1.807, 2.05) is 75.4 Å². The molecule has 180 valence electrons. The van der Waals surface area contributed by atoms with Crippen LogP contribution in [-0.4, -0.2) is 19.5 Å². The van der Waals surface area contributed by atoms with Crippen LogP contribution in [0.5, 0.6) is 11.5 Å². The molecule has 2 atom stereocenters. The summed E-state index contributed by atoms with van der Waals surface area (Å²) >= 11 is 0. The molecular formula is C29H41NO3. The van der Waals surface area contributed by atoms with Crippen LogP contribution in [0.25, 0.3) is 5.57 Å². The lowest BCUT2D eigenvalue weighted by Crippen LogP contribution is -2.26. The van der Waals surface area contributed by atoms with Gasteiger partial charge in [0.05, 0.1) is 6.61 Å². The summed E-state index contributed by atoms with van der Waals surface area (Å²) in [6.07, 6.45) is 5.09. The molecule has 0 fully saturated rings. The van der Waals surface area contributed by atoms with Gasteiger partial charge in [-0.2, -0.15) is 0 Å². The standard InChI is InChI=1S/C27H35NO3.C2H6/c1-7-9-21(8-2)22-10-14-24(15-11-22)30-19-18-29-20(3)31-25-16-12-23(13-17-25)26(28)27(4,5)6;1-2/h7-17,20,26H,1-2,18-19,28H2,3-6H3;1-2H3/b21-9+;. The van der Waals surface area contributed by atoms with Crippen LogP contribution in [-0.2, 0) is 4.74 Å². The summed E-state index contributed by atoms with van der Waals surface area (Å²) < 4.78 is 17.3. The minimum Gasteiger partial charge on any atom is -0.491 e. The Morgan fingerprint density at radius 2 is 1.52 bits per heavy atom. The van der Waals surface area contributed by atoms with Crippen molar-refractivity contribution in [2.45, 2.75) is 53.9 Å². The van der Waals surface area contributed by atoms with Crippen LogP contribution in [0, 0.1) is 5.41 Å². The Morgan fingerprint density at radius 1 is 0.939 bits per heavy atom. The Kier molecular flexibility index (Phi) is 12.3. The monoisotopic (exact) mass is 451 g/mol. The molecule has 0 aromatic heterocycles. The topological polar surface area (TPSA) is 53.7 Å². The van der Waals surface area contributed by atoms with Crippen molar-refractivity contribution < 1.29 is 14.2 Å². The van der Waals surface area contributed by atoms with Crippen LogP contribution in [0.1, 0.15) is 58.7 Å². The van der Waals surface area contributed by atoms with E-state index in [4.69, 9.17) is 19.9 Å². The average Bonchev–Trinajstić information content (AvgIpc) is 2.81. The number of hydrogen-bond donors (Lipinski definition) is 1. The van der Waals surface area contributed by atoms with Gasteiger partial charge in [-0.1, -0.05) is 90.3 Å². The molecule has 0 heterocycles. The normalized spacial score (nSPS) is 13.2. The van der Waals surface area contributed by atoms with Gasteiger partial charge in [0.25, 0.3) is 0 Å². The van der Waals surface area contributed by atoms with Gasteiger partial charge >= 0.3 is 0 Å². The van der Waals surface area contributed by atoms with E-state index in [0.717, 1.165) is 28.2 Å². The molecule has 0 saturated carbocycles. The minimum atomic E-state index is -0.382. The van der Waals surface area contributed by atoms with Crippen molar-refractivity contribution in [3.63, 3.8) is 0 Å². The Bertz CT molecular complexity index is 861. The maximum absolute atomic E-state index is 6.31. The first-order valence-corrected chi connectivity index (χ1v) is 11.6. The Labute approximate surface area is 200 Å². The predicted molar refractivity (Wildman–Crippen MR) is 141 cm³/mol. The predicted octanol–water partition coefficient (Wildman–Crippen LogP) is 7.33. The van der Waals surface area contributed by atoms with Crippen molar-refractivity contribution in [3.8, 4) is 11.5 Å². The lowest BCUT2D eigenvalue weighted by atomic mass is 9.83. The second kappa shape index (κ2) is 14.4. The van der Waals surface area contributed by atoms with E-state index in [1.54, 1.807) is 12.2 Å². The maximum Gasteiger partial charge on any atom is 0.197 e. The first kappa shape index (κ1) is 28.2. The van der Waals surface area contributed by atoms with Crippen molar-refractivity contribution >= 4 is 5.57 Å². The zero-order chi connectivity index (χ0) is 24.9. The Hall–Kier alpha value is -2.82. The Balaban J connectivity index is 0.00000265. The van der Waals surface area contributed by atoms with E-state index in [-0.39, 0.29) is 17.7 Å². The minimum absolute atomic E-state index is 0.00926. The largest absolute Gasteiger partial charge is 0.491 e. The SMILES string of the molecule is C=C/C=C(\C=C)c1ccc(OCCOC(C)Oc2ccc(C(N)C(C)(C)C)cc2)cc1.CC. The molecule has 0 aliphatic carbocycles. The Morgan fingerprint density at radius 3 is 2.03 bits per heavy atom. The maximum atomic E-state index is 6.31. The zero-order valence-corrected chi connectivity index (χ0v) is 21.1. The lowest BCUT2D eigenvalue weighted by Gasteiger charge is -2.27. The molecule has 2 unspecified atom stereocenters. The van der Waals surface area contributed by atoms with Gasteiger partial charge in [0.1, 0.15) is 18.1 Å². The number of hydrogen-bond acceptors (Lipinski definition) is 4. The van der Waals surface area contributed by atoms with Crippen molar-refractivity contribution in [2.75, 3.05) is 13.2 Å². The highest BCUT2D eigenvalue weighted by Gasteiger charge is 2.22. The summed E-state index contributed by atoms with van der Waals surface area (Å²) in [6, 6.07) is 15.7. The van der Waals surface area contributed by atoms with Crippen molar-refractivity contribution in [2.24, 2.45) is 11.1 Å². The van der Waals surface area contributed by atoms with Crippen LogP contribution in [0.3, 0.4) is 0 Å². The fourth-order valence-electron chi connectivity index (χ4n) is 3.01. The van der Waals surface area contributed by atoms with E-state index >= 15 is 0 Å². The molecule has 0 amide bonds. The van der Waals surface area contributed by atoms with Gasteiger partial charge in [-0.25, -0.2) is 0 Å².